The van der Waals surface area contributed by atoms with E-state index in [4.69, 9.17) is 5.84 Å². The monoisotopic (exact) mass is 245 g/mol. The maximum atomic E-state index is 13.3. The van der Waals surface area contributed by atoms with Crippen molar-refractivity contribution in [1.82, 2.24) is 9.88 Å². The summed E-state index contributed by atoms with van der Waals surface area (Å²) in [6.45, 7) is 4.17. The van der Waals surface area contributed by atoms with E-state index in [9.17, 15) is 8.78 Å². The second-order valence-electron chi connectivity index (χ2n) is 3.62. The quantitative estimate of drug-likeness (QED) is 0.515. The molecule has 0 saturated heterocycles. The highest BCUT2D eigenvalue weighted by molar-refractivity contribution is 5.46. The highest BCUT2D eigenvalue weighted by atomic mass is 19.1. The molecule has 0 atom stereocenters. The van der Waals surface area contributed by atoms with Crippen molar-refractivity contribution in [3.8, 4) is 0 Å². The van der Waals surface area contributed by atoms with Gasteiger partial charge in [-0.2, -0.15) is 0 Å². The predicted molar refractivity (Wildman–Crippen MR) is 63.6 cm³/mol. The van der Waals surface area contributed by atoms with Gasteiger partial charge in [0.1, 0.15) is 0 Å². The average Bonchev–Trinajstić information content (AvgIpc) is 2.31. The number of hydrogen-bond acceptors (Lipinski definition) is 5. The Morgan fingerprint density at radius 1 is 1.35 bits per heavy atom. The van der Waals surface area contributed by atoms with E-state index in [1.54, 1.807) is 0 Å². The average molecular weight is 245 g/mol. The molecule has 5 nitrogen and oxygen atoms in total. The first-order valence-electron chi connectivity index (χ1n) is 5.33. The van der Waals surface area contributed by atoms with Crippen molar-refractivity contribution < 1.29 is 8.78 Å². The maximum absolute atomic E-state index is 13.3. The number of nitrogens with zero attached hydrogens (tertiary/aromatic N) is 2. The molecule has 0 saturated carbocycles. The molecule has 1 aromatic heterocycles. The van der Waals surface area contributed by atoms with E-state index in [0.717, 1.165) is 19.2 Å². The van der Waals surface area contributed by atoms with Crippen molar-refractivity contribution in [2.75, 3.05) is 37.4 Å². The van der Waals surface area contributed by atoms with Gasteiger partial charge in [-0.1, -0.05) is 6.92 Å². The van der Waals surface area contributed by atoms with Crippen LogP contribution in [0.15, 0.2) is 6.07 Å². The molecule has 1 aromatic rings. The summed E-state index contributed by atoms with van der Waals surface area (Å²) in [5.41, 5.74) is 2.07. The zero-order chi connectivity index (χ0) is 12.8. The van der Waals surface area contributed by atoms with Gasteiger partial charge in [-0.3, -0.25) is 0 Å². The zero-order valence-electron chi connectivity index (χ0n) is 9.93. The number of aromatic nitrogens is 1. The van der Waals surface area contributed by atoms with Crippen molar-refractivity contribution in [2.45, 2.75) is 6.92 Å². The second-order valence-corrected chi connectivity index (χ2v) is 3.62. The van der Waals surface area contributed by atoms with Gasteiger partial charge in [0.25, 0.3) is 0 Å². The van der Waals surface area contributed by atoms with Gasteiger partial charge in [-0.25, -0.2) is 19.6 Å². The zero-order valence-corrected chi connectivity index (χ0v) is 9.93. The third-order valence-corrected chi connectivity index (χ3v) is 2.39. The first-order valence-corrected chi connectivity index (χ1v) is 5.33. The Morgan fingerprint density at radius 3 is 2.59 bits per heavy atom. The first-order chi connectivity index (χ1) is 8.08. The van der Waals surface area contributed by atoms with Crippen molar-refractivity contribution >= 4 is 11.6 Å². The molecule has 0 radical (unpaired) electrons. The number of rotatable bonds is 6. The van der Waals surface area contributed by atoms with Crippen LogP contribution in [0.5, 0.6) is 0 Å². The molecule has 4 N–H and O–H groups in total. The van der Waals surface area contributed by atoms with E-state index in [-0.39, 0.29) is 11.6 Å². The van der Waals surface area contributed by atoms with Crippen molar-refractivity contribution in [3.05, 3.63) is 17.7 Å². The van der Waals surface area contributed by atoms with Gasteiger partial charge in [0, 0.05) is 19.2 Å². The topological polar surface area (TPSA) is 66.2 Å². The van der Waals surface area contributed by atoms with Crippen LogP contribution in [0.25, 0.3) is 0 Å². The summed E-state index contributed by atoms with van der Waals surface area (Å²) in [5.74, 6) is 3.31. The maximum Gasteiger partial charge on any atom is 0.178 e. The number of nitrogens with one attached hydrogen (secondary N) is 2. The van der Waals surface area contributed by atoms with Crippen molar-refractivity contribution in [2.24, 2.45) is 5.84 Å². The Labute approximate surface area is 99.0 Å². The molecule has 0 unspecified atom stereocenters. The minimum atomic E-state index is -0.818. The van der Waals surface area contributed by atoms with E-state index >= 15 is 0 Å². The lowest BCUT2D eigenvalue weighted by Crippen LogP contribution is -2.25. The molecule has 0 aromatic carbocycles. The van der Waals surface area contributed by atoms with Crippen LogP contribution in [0.1, 0.15) is 6.92 Å². The highest BCUT2D eigenvalue weighted by Crippen LogP contribution is 2.17. The number of likely N-dealkylation sites (N-methyl/N-ethyl adjacent to an activating group) is 1. The lowest BCUT2D eigenvalue weighted by atomic mass is 10.4. The summed E-state index contributed by atoms with van der Waals surface area (Å²) in [5, 5.41) is 2.79. The van der Waals surface area contributed by atoms with Gasteiger partial charge in [-0.05, 0) is 13.6 Å². The number of halogens is 2. The Hall–Kier alpha value is -1.47. The standard InChI is InChI=1S/C10H17F2N5/c1-3-17(2)5-4-14-9-7(11)6-8(12)10(15-9)16-13/h6H,3-5,13H2,1-2H3,(H2,14,15,16). The fourth-order valence-electron chi connectivity index (χ4n) is 1.22. The number of anilines is 2. The van der Waals surface area contributed by atoms with Crippen LogP contribution in [0.2, 0.25) is 0 Å². The molecule has 0 bridgehead atoms. The third kappa shape index (κ3) is 3.79. The number of hydrogen-bond donors (Lipinski definition) is 3. The first kappa shape index (κ1) is 13.6. The fraction of sp³-hybridized carbons (Fsp3) is 0.500. The summed E-state index contributed by atoms with van der Waals surface area (Å²) in [7, 11) is 1.95. The molecule has 1 heterocycles. The Morgan fingerprint density at radius 2 is 2.00 bits per heavy atom. The van der Waals surface area contributed by atoms with Gasteiger partial charge in [0.15, 0.2) is 23.3 Å². The Bertz CT molecular complexity index is 372. The van der Waals surface area contributed by atoms with Crippen molar-refractivity contribution in [3.63, 3.8) is 0 Å². The Kier molecular flexibility index (Phi) is 5.05. The molecule has 7 heteroatoms. The van der Waals surface area contributed by atoms with E-state index < -0.39 is 11.6 Å². The van der Waals surface area contributed by atoms with Crippen LogP contribution in [0.3, 0.4) is 0 Å². The normalized spacial score (nSPS) is 10.7. The van der Waals surface area contributed by atoms with Crippen LogP contribution in [0.4, 0.5) is 20.4 Å². The molecule has 0 spiro atoms. The molecule has 0 amide bonds. The summed E-state index contributed by atoms with van der Waals surface area (Å²) in [6.07, 6.45) is 0. The van der Waals surface area contributed by atoms with Gasteiger partial charge in [0.2, 0.25) is 0 Å². The minimum absolute atomic E-state index is 0.0103. The molecule has 0 aliphatic heterocycles. The number of hydrazine groups is 1. The Balaban J connectivity index is 2.64. The molecule has 0 aliphatic carbocycles. The minimum Gasteiger partial charge on any atom is -0.366 e. The molecular weight excluding hydrogens is 228 g/mol. The summed E-state index contributed by atoms with van der Waals surface area (Å²) in [4.78, 5) is 5.75. The fourth-order valence-corrected chi connectivity index (χ4v) is 1.22. The molecule has 96 valence electrons. The number of nitrogen functional groups attached to an aromatic ring is 1. The lowest BCUT2D eigenvalue weighted by Gasteiger charge is -2.15. The molecule has 1 rings (SSSR count). The van der Waals surface area contributed by atoms with Crippen LogP contribution in [-0.4, -0.2) is 36.6 Å². The molecular formula is C10H17F2N5. The van der Waals surface area contributed by atoms with Gasteiger partial charge in [-0.15, -0.1) is 0 Å². The van der Waals surface area contributed by atoms with E-state index in [1.807, 2.05) is 14.0 Å². The van der Waals surface area contributed by atoms with E-state index in [1.165, 1.54) is 0 Å². The molecule has 17 heavy (non-hydrogen) atoms. The number of pyridine rings is 1. The highest BCUT2D eigenvalue weighted by Gasteiger charge is 2.10. The number of nitrogens with two attached hydrogens (primary N) is 1. The lowest BCUT2D eigenvalue weighted by molar-refractivity contribution is 0.366. The van der Waals surface area contributed by atoms with Crippen LogP contribution in [0, 0.1) is 11.6 Å². The van der Waals surface area contributed by atoms with Gasteiger partial charge in [0.05, 0.1) is 0 Å². The van der Waals surface area contributed by atoms with Crippen LogP contribution < -0.4 is 16.6 Å². The molecule has 0 fully saturated rings. The SMILES string of the molecule is CCN(C)CCNc1nc(NN)c(F)cc1F. The van der Waals surface area contributed by atoms with Crippen LogP contribution >= 0.6 is 0 Å². The predicted octanol–water partition coefficient (Wildman–Crippen LogP) is 1.01. The third-order valence-electron chi connectivity index (χ3n) is 2.39. The van der Waals surface area contributed by atoms with E-state index in [2.05, 4.69) is 20.6 Å². The largest absolute Gasteiger partial charge is 0.366 e. The summed E-state index contributed by atoms with van der Waals surface area (Å²) < 4.78 is 26.4. The van der Waals surface area contributed by atoms with Gasteiger partial charge < -0.3 is 15.6 Å². The second kappa shape index (κ2) is 6.31. The summed E-state index contributed by atoms with van der Waals surface area (Å²) >= 11 is 0. The molecule has 0 aliphatic rings. The van der Waals surface area contributed by atoms with Gasteiger partial charge >= 0.3 is 0 Å². The smallest absolute Gasteiger partial charge is 0.178 e. The van der Waals surface area contributed by atoms with Crippen LogP contribution in [-0.2, 0) is 0 Å². The van der Waals surface area contributed by atoms with Crippen molar-refractivity contribution in [1.29, 1.82) is 0 Å². The summed E-state index contributed by atoms with van der Waals surface area (Å²) in [6, 6.07) is 0.744. The van der Waals surface area contributed by atoms with E-state index in [0.29, 0.717) is 6.54 Å².